The van der Waals surface area contributed by atoms with E-state index in [1.165, 1.54) is 128 Å². The van der Waals surface area contributed by atoms with Gasteiger partial charge < -0.3 is 28.5 Å². The predicted octanol–water partition coefficient (Wildman–Crippen LogP) is 8.56. The van der Waals surface area contributed by atoms with Gasteiger partial charge in [-0.25, -0.2) is 9.24 Å². The lowest BCUT2D eigenvalue weighted by atomic mass is 10.1. The van der Waals surface area contributed by atoms with Crippen LogP contribution in [0, 0.1) is 0 Å². The highest BCUT2D eigenvalue weighted by atomic mass is 127. The molecule has 0 aliphatic carbocycles. The van der Waals surface area contributed by atoms with Crippen LogP contribution in [0.1, 0.15) is 174 Å². The molecule has 5 nitrogen and oxygen atoms in total. The van der Waals surface area contributed by atoms with Gasteiger partial charge in [-0.15, -0.1) is 0 Å². The van der Waals surface area contributed by atoms with Gasteiger partial charge in [-0.05, 0) is 19.9 Å². The zero-order chi connectivity index (χ0) is 30.5. The fourth-order valence-corrected chi connectivity index (χ4v) is 6.95. The number of halogens is 1. The average molecular weight is 731 g/mol. The summed E-state index contributed by atoms with van der Waals surface area (Å²) in [6.07, 6.45) is 32.5. The molecule has 0 aromatic rings. The molecule has 0 bridgehead atoms. The van der Waals surface area contributed by atoms with Crippen molar-refractivity contribution in [3.63, 3.8) is 0 Å². The largest absolute Gasteiger partial charge is 1.00 e. The molecular formula is C35H76IN2O3P. The van der Waals surface area contributed by atoms with Gasteiger partial charge in [0.2, 0.25) is 0 Å². The van der Waals surface area contributed by atoms with E-state index in [1.807, 2.05) is 11.7 Å². The Labute approximate surface area is 282 Å². The van der Waals surface area contributed by atoms with Crippen LogP contribution in [0.3, 0.4) is 0 Å². The van der Waals surface area contributed by atoms with Gasteiger partial charge in [0.1, 0.15) is 0 Å². The first-order valence-corrected chi connectivity index (χ1v) is 19.7. The summed E-state index contributed by atoms with van der Waals surface area (Å²) in [7, 11) is 5.29. The van der Waals surface area contributed by atoms with E-state index in [9.17, 15) is 4.57 Å². The van der Waals surface area contributed by atoms with Crippen LogP contribution in [0.4, 0.5) is 0 Å². The van der Waals surface area contributed by atoms with E-state index >= 15 is 0 Å². The first-order valence-electron chi connectivity index (χ1n) is 18.2. The molecule has 0 heterocycles. The van der Waals surface area contributed by atoms with Gasteiger partial charge in [-0.3, -0.25) is 9.05 Å². The van der Waals surface area contributed by atoms with E-state index in [1.54, 1.807) is 0 Å². The molecule has 42 heavy (non-hydrogen) atoms. The molecule has 0 aromatic heterocycles. The molecule has 0 aliphatic heterocycles. The van der Waals surface area contributed by atoms with Crippen molar-refractivity contribution in [2.75, 3.05) is 54.5 Å². The number of quaternary nitrogens is 1. The molecule has 0 fully saturated rings. The molecule has 0 N–H and O–H groups in total. The maximum Gasteiger partial charge on any atom is 0.407 e. The fraction of sp³-hybridized carbons (Fsp3) is 1.00. The van der Waals surface area contributed by atoms with Gasteiger partial charge in [-0.1, -0.05) is 155 Å². The third-order valence-electron chi connectivity index (χ3n) is 8.23. The first kappa shape index (κ1) is 44.9. The third kappa shape index (κ3) is 30.8. The van der Waals surface area contributed by atoms with Crippen molar-refractivity contribution in [2.45, 2.75) is 174 Å². The lowest BCUT2D eigenvalue weighted by Gasteiger charge is -2.29. The molecule has 0 rings (SSSR count). The Morgan fingerprint density at radius 2 is 0.786 bits per heavy atom. The molecule has 0 radical (unpaired) electrons. The zero-order valence-corrected chi connectivity index (χ0v) is 32.5. The molecule has 0 aliphatic rings. The smallest absolute Gasteiger partial charge is 0.407 e. The summed E-state index contributed by atoms with van der Waals surface area (Å²) >= 11 is 0. The molecule has 0 amide bonds. The van der Waals surface area contributed by atoms with Crippen LogP contribution in [-0.2, 0) is 13.6 Å². The molecule has 0 atom stereocenters. The summed E-state index contributed by atoms with van der Waals surface area (Å²) in [6.45, 7) is 7.41. The summed E-state index contributed by atoms with van der Waals surface area (Å²) in [4.78, 5) is 0. The summed E-state index contributed by atoms with van der Waals surface area (Å²) < 4.78 is 28.6. The summed E-state index contributed by atoms with van der Waals surface area (Å²) in [5, 5.41) is 0. The van der Waals surface area contributed by atoms with Gasteiger partial charge in [0.15, 0.2) is 0 Å². The summed E-state index contributed by atoms with van der Waals surface area (Å²) in [6, 6.07) is 0. The van der Waals surface area contributed by atoms with Gasteiger partial charge in [0, 0.05) is 13.0 Å². The average Bonchev–Trinajstić information content (AvgIpc) is 2.93. The Hall–Kier alpha value is 0.800. The van der Waals surface area contributed by atoms with Crippen LogP contribution in [0.15, 0.2) is 0 Å². The van der Waals surface area contributed by atoms with Crippen LogP contribution in [-0.4, -0.2) is 63.6 Å². The number of nitrogens with zero attached hydrogens (tertiary/aromatic N) is 2. The normalized spacial score (nSPS) is 12.3. The number of hydrogen-bond acceptors (Lipinski definition) is 3. The van der Waals surface area contributed by atoms with Crippen LogP contribution < -0.4 is 24.0 Å². The van der Waals surface area contributed by atoms with E-state index in [-0.39, 0.29) is 24.0 Å². The van der Waals surface area contributed by atoms with E-state index < -0.39 is 7.75 Å². The van der Waals surface area contributed by atoms with E-state index in [2.05, 4.69) is 35.0 Å². The standard InChI is InChI=1S/C35H76N2O3P.HI/c1-7-9-11-13-15-17-19-21-23-25-27-29-34-39-41(38,36(3)32-31-33-37(4,5)6)40-35-30-28-26-24-22-20-18-16-14-12-10-8-2;/h7-35H2,1-6H3;1H/q+1;/p-1. The molecule has 0 unspecified atom stereocenters. The highest BCUT2D eigenvalue weighted by molar-refractivity contribution is 7.51. The maximum atomic E-state index is 13.7. The number of unbranched alkanes of at least 4 members (excludes halogenated alkanes) is 22. The molecule has 0 aromatic carbocycles. The minimum atomic E-state index is -3.23. The Morgan fingerprint density at radius 1 is 0.500 bits per heavy atom. The van der Waals surface area contributed by atoms with Gasteiger partial charge in [0.25, 0.3) is 0 Å². The highest BCUT2D eigenvalue weighted by Gasteiger charge is 2.30. The van der Waals surface area contributed by atoms with Crippen molar-refractivity contribution in [1.29, 1.82) is 0 Å². The lowest BCUT2D eigenvalue weighted by Crippen LogP contribution is -3.00. The second-order valence-corrected chi connectivity index (χ2v) is 15.8. The Bertz CT molecular complexity index is 555. The van der Waals surface area contributed by atoms with Crippen molar-refractivity contribution in [1.82, 2.24) is 4.67 Å². The van der Waals surface area contributed by atoms with Crippen molar-refractivity contribution in [3.8, 4) is 0 Å². The third-order valence-corrected chi connectivity index (χ3v) is 10.3. The minimum Gasteiger partial charge on any atom is -1.00 e. The van der Waals surface area contributed by atoms with Crippen LogP contribution >= 0.6 is 7.75 Å². The number of hydrogen-bond donors (Lipinski definition) is 0. The van der Waals surface area contributed by atoms with Crippen LogP contribution in [0.2, 0.25) is 0 Å². The topological polar surface area (TPSA) is 38.8 Å². The lowest BCUT2D eigenvalue weighted by molar-refractivity contribution is -0.870. The Balaban J connectivity index is 0. The molecule has 7 heteroatoms. The molecule has 256 valence electrons. The van der Waals surface area contributed by atoms with Gasteiger partial charge in [0.05, 0.1) is 40.9 Å². The summed E-state index contributed by atoms with van der Waals surface area (Å²) in [5.74, 6) is 0. The van der Waals surface area contributed by atoms with Crippen molar-refractivity contribution < 1.29 is 42.1 Å². The highest BCUT2D eigenvalue weighted by Crippen LogP contribution is 2.51. The van der Waals surface area contributed by atoms with Crippen molar-refractivity contribution in [2.24, 2.45) is 0 Å². The first-order chi connectivity index (χ1) is 19.7. The maximum absolute atomic E-state index is 13.7. The monoisotopic (exact) mass is 730 g/mol. The second-order valence-electron chi connectivity index (χ2n) is 13.7. The second kappa shape index (κ2) is 31.8. The van der Waals surface area contributed by atoms with Gasteiger partial charge >= 0.3 is 7.75 Å². The SMILES string of the molecule is CCCCCCCCCCCCCCOP(=O)(OCCCCCCCCCCCCCC)N(C)CCC[N+](C)(C)C.[I-]. The van der Waals surface area contributed by atoms with Gasteiger partial charge in [-0.2, -0.15) is 0 Å². The summed E-state index contributed by atoms with van der Waals surface area (Å²) in [5.41, 5.74) is 0. The molecular weight excluding hydrogens is 654 g/mol. The molecule has 0 spiro atoms. The zero-order valence-electron chi connectivity index (χ0n) is 29.5. The Kier molecular flexibility index (Phi) is 34.0. The van der Waals surface area contributed by atoms with Crippen molar-refractivity contribution >= 4 is 7.75 Å². The van der Waals surface area contributed by atoms with E-state index in [0.717, 1.165) is 49.7 Å². The Morgan fingerprint density at radius 3 is 1.07 bits per heavy atom. The quantitative estimate of drug-likeness (QED) is 0.0294. The van der Waals surface area contributed by atoms with Crippen LogP contribution in [0.25, 0.3) is 0 Å². The van der Waals surface area contributed by atoms with Crippen LogP contribution in [0.5, 0.6) is 0 Å². The minimum absolute atomic E-state index is 0. The fourth-order valence-electron chi connectivity index (χ4n) is 5.38. The predicted molar refractivity (Wildman–Crippen MR) is 182 cm³/mol. The molecule has 0 saturated carbocycles. The number of rotatable bonds is 33. The molecule has 0 saturated heterocycles. The van der Waals surface area contributed by atoms with E-state index in [4.69, 9.17) is 9.05 Å². The van der Waals surface area contributed by atoms with Crippen molar-refractivity contribution in [3.05, 3.63) is 0 Å². The van der Waals surface area contributed by atoms with E-state index in [0.29, 0.717) is 13.2 Å².